The van der Waals surface area contributed by atoms with Gasteiger partial charge in [0.05, 0.1) is 16.6 Å². The zero-order valence-electron chi connectivity index (χ0n) is 11.1. The molecule has 0 N–H and O–H groups in total. The molecule has 0 radical (unpaired) electrons. The Hall–Kier alpha value is -1.39. The highest BCUT2D eigenvalue weighted by Gasteiger charge is 2.34. The Bertz CT molecular complexity index is 551. The van der Waals surface area contributed by atoms with E-state index in [1.165, 1.54) is 6.07 Å². The molecule has 1 aromatic rings. The topological polar surface area (TPSA) is 52.4 Å². The van der Waals surface area contributed by atoms with Crippen LogP contribution in [0.15, 0.2) is 34.9 Å². The maximum atomic E-state index is 10.8. The molecule has 0 spiro atoms. The van der Waals surface area contributed by atoms with Gasteiger partial charge in [-0.15, -0.1) is 0 Å². The third kappa shape index (κ3) is 2.80. The average molecular weight is 282 g/mol. The molecule has 0 aromatic heterocycles. The molecule has 1 aromatic carbocycles. The zero-order chi connectivity index (χ0) is 14.2. The van der Waals surface area contributed by atoms with Crippen LogP contribution in [0.2, 0.25) is 0 Å². The first-order valence-corrected chi connectivity index (χ1v) is 6.47. The predicted molar refractivity (Wildman–Crippen MR) is 74.2 cm³/mol. The van der Waals surface area contributed by atoms with Crippen LogP contribution in [0.5, 0.6) is 0 Å². The van der Waals surface area contributed by atoms with Crippen LogP contribution in [0.25, 0.3) is 0 Å². The average Bonchev–Trinajstić information content (AvgIpc) is 2.35. The van der Waals surface area contributed by atoms with Gasteiger partial charge in [-0.05, 0) is 26.3 Å². The predicted octanol–water partition coefficient (Wildman–Crippen LogP) is 4.35. The fourth-order valence-corrected chi connectivity index (χ4v) is 2.48. The van der Waals surface area contributed by atoms with Crippen molar-refractivity contribution in [3.63, 3.8) is 0 Å². The minimum atomic E-state index is -0.556. The number of benzene rings is 1. The second-order valence-electron chi connectivity index (χ2n) is 5.27. The normalized spacial score (nSPS) is 22.4. The highest BCUT2D eigenvalue weighted by molar-refractivity contribution is 6.31. The Morgan fingerprint density at radius 2 is 2.16 bits per heavy atom. The molecule has 0 fully saturated rings. The van der Waals surface area contributed by atoms with Crippen LogP contribution in [0.3, 0.4) is 0 Å². The lowest BCUT2D eigenvalue weighted by molar-refractivity contribution is -0.385. The molecule has 19 heavy (non-hydrogen) atoms. The summed E-state index contributed by atoms with van der Waals surface area (Å²) in [6, 6.07) is 6.57. The van der Waals surface area contributed by atoms with E-state index in [1.54, 1.807) is 12.1 Å². The van der Waals surface area contributed by atoms with E-state index in [0.717, 1.165) is 11.1 Å². The summed E-state index contributed by atoms with van der Waals surface area (Å²) in [6.45, 7) is 5.78. The second kappa shape index (κ2) is 4.94. The van der Waals surface area contributed by atoms with Gasteiger partial charge in [0, 0.05) is 23.6 Å². The van der Waals surface area contributed by atoms with Crippen molar-refractivity contribution < 1.29 is 9.66 Å². The van der Waals surface area contributed by atoms with Gasteiger partial charge in [0.1, 0.15) is 0 Å². The van der Waals surface area contributed by atoms with Crippen LogP contribution >= 0.6 is 11.6 Å². The number of hydrogen-bond donors (Lipinski definition) is 0. The molecule has 5 heteroatoms. The molecule has 1 aliphatic heterocycles. The van der Waals surface area contributed by atoms with Gasteiger partial charge in [0.15, 0.2) is 0 Å². The van der Waals surface area contributed by atoms with Crippen molar-refractivity contribution in [3.8, 4) is 0 Å². The van der Waals surface area contributed by atoms with Crippen LogP contribution in [-0.2, 0) is 4.74 Å². The number of halogens is 1. The fraction of sp³-hybridized carbons (Fsp3) is 0.429. The van der Waals surface area contributed by atoms with Gasteiger partial charge >= 0.3 is 0 Å². The lowest BCUT2D eigenvalue weighted by Crippen LogP contribution is -2.32. The highest BCUT2D eigenvalue weighted by Crippen LogP contribution is 2.42. The molecule has 0 saturated carbocycles. The molecule has 1 unspecified atom stereocenters. The minimum Gasteiger partial charge on any atom is -0.362 e. The van der Waals surface area contributed by atoms with Gasteiger partial charge in [-0.3, -0.25) is 10.1 Å². The van der Waals surface area contributed by atoms with E-state index in [0.29, 0.717) is 11.5 Å². The van der Waals surface area contributed by atoms with Crippen LogP contribution < -0.4 is 0 Å². The molecule has 0 amide bonds. The van der Waals surface area contributed by atoms with Crippen molar-refractivity contribution in [2.75, 3.05) is 0 Å². The lowest BCUT2D eigenvalue weighted by Gasteiger charge is -2.36. The van der Waals surface area contributed by atoms with Crippen LogP contribution in [-0.4, -0.2) is 10.5 Å². The number of nitro groups is 1. The molecule has 102 valence electrons. The third-order valence-corrected chi connectivity index (χ3v) is 4.06. The van der Waals surface area contributed by atoms with Crippen molar-refractivity contribution in [2.24, 2.45) is 0 Å². The summed E-state index contributed by atoms with van der Waals surface area (Å²) < 4.78 is 5.96. The van der Waals surface area contributed by atoms with E-state index < -0.39 is 10.5 Å². The maximum absolute atomic E-state index is 10.8. The molecule has 1 heterocycles. The molecule has 0 bridgehead atoms. The molecule has 0 saturated heterocycles. The summed E-state index contributed by atoms with van der Waals surface area (Å²) in [6.07, 6.45) is 0.459. The van der Waals surface area contributed by atoms with Crippen LogP contribution in [0.1, 0.15) is 38.9 Å². The van der Waals surface area contributed by atoms with Gasteiger partial charge < -0.3 is 4.74 Å². The maximum Gasteiger partial charge on any atom is 0.269 e. The van der Waals surface area contributed by atoms with E-state index in [9.17, 15) is 10.1 Å². The van der Waals surface area contributed by atoms with E-state index in [2.05, 4.69) is 0 Å². The van der Waals surface area contributed by atoms with E-state index in [4.69, 9.17) is 16.3 Å². The van der Waals surface area contributed by atoms with Gasteiger partial charge in [-0.2, -0.15) is 0 Å². The highest BCUT2D eigenvalue weighted by atomic mass is 35.5. The third-order valence-electron chi connectivity index (χ3n) is 3.28. The summed E-state index contributed by atoms with van der Waals surface area (Å²) in [5.74, 6) is 0. The summed E-state index contributed by atoms with van der Waals surface area (Å²) in [7, 11) is 0. The molecular formula is C14H16ClNO3. The molecule has 1 atom stereocenters. The van der Waals surface area contributed by atoms with Crippen molar-refractivity contribution in [1.29, 1.82) is 0 Å². The summed E-state index contributed by atoms with van der Waals surface area (Å²) >= 11 is 6.24. The molecule has 2 rings (SSSR count). The van der Waals surface area contributed by atoms with Crippen molar-refractivity contribution in [2.45, 2.75) is 38.9 Å². The first kappa shape index (κ1) is 14.0. The fourth-order valence-electron chi connectivity index (χ4n) is 2.36. The largest absolute Gasteiger partial charge is 0.362 e. The Morgan fingerprint density at radius 1 is 1.47 bits per heavy atom. The summed E-state index contributed by atoms with van der Waals surface area (Å²) in [4.78, 5) is 10.4. The Balaban J connectivity index is 2.34. The van der Waals surface area contributed by atoms with Gasteiger partial charge in [0.25, 0.3) is 5.69 Å². The van der Waals surface area contributed by atoms with Crippen LogP contribution in [0, 0.1) is 10.1 Å². The molecule has 4 nitrogen and oxygen atoms in total. The number of nitro benzene ring substituents is 1. The van der Waals surface area contributed by atoms with Gasteiger partial charge in [-0.1, -0.05) is 29.3 Å². The Morgan fingerprint density at radius 3 is 2.74 bits per heavy atom. The smallest absolute Gasteiger partial charge is 0.269 e. The van der Waals surface area contributed by atoms with E-state index >= 15 is 0 Å². The molecule has 1 aliphatic rings. The number of non-ortho nitro benzene ring substituents is 1. The van der Waals surface area contributed by atoms with Crippen molar-refractivity contribution >= 4 is 17.3 Å². The summed E-state index contributed by atoms with van der Waals surface area (Å²) in [5.41, 5.74) is 1.40. The standard InChI is InChI=1S/C14H16ClNO3/c1-9-7-12(19-14(2,3)13(9)15)10-5-4-6-11(8-10)16(17)18/h4-6,8,12H,7H2,1-3H3. The monoisotopic (exact) mass is 281 g/mol. The summed E-state index contributed by atoms with van der Waals surface area (Å²) in [5, 5.41) is 11.5. The number of rotatable bonds is 2. The second-order valence-corrected chi connectivity index (χ2v) is 5.65. The van der Waals surface area contributed by atoms with Crippen LogP contribution in [0.4, 0.5) is 5.69 Å². The molecule has 0 aliphatic carbocycles. The van der Waals surface area contributed by atoms with E-state index in [1.807, 2.05) is 26.8 Å². The SMILES string of the molecule is CC1=C(Cl)C(C)(C)OC(c2cccc([N+](=O)[O-])c2)C1. The zero-order valence-corrected chi connectivity index (χ0v) is 11.9. The minimum absolute atomic E-state index is 0.0807. The number of ether oxygens (including phenoxy) is 1. The lowest BCUT2D eigenvalue weighted by atomic mass is 9.93. The van der Waals surface area contributed by atoms with Gasteiger partial charge in [0.2, 0.25) is 0 Å². The van der Waals surface area contributed by atoms with Crippen molar-refractivity contribution in [3.05, 3.63) is 50.5 Å². The quantitative estimate of drug-likeness (QED) is 0.598. The Kier molecular flexibility index (Phi) is 3.65. The van der Waals surface area contributed by atoms with E-state index in [-0.39, 0.29) is 11.8 Å². The first-order chi connectivity index (χ1) is 8.81. The molecular weight excluding hydrogens is 266 g/mol. The Labute approximate surface area is 117 Å². The first-order valence-electron chi connectivity index (χ1n) is 6.09. The van der Waals surface area contributed by atoms with Gasteiger partial charge in [-0.25, -0.2) is 0 Å². The van der Waals surface area contributed by atoms with Crippen molar-refractivity contribution in [1.82, 2.24) is 0 Å². The number of nitrogens with zero attached hydrogens (tertiary/aromatic N) is 1. The number of hydrogen-bond acceptors (Lipinski definition) is 3.